The van der Waals surface area contributed by atoms with Crippen molar-refractivity contribution in [2.75, 3.05) is 13.1 Å². The van der Waals surface area contributed by atoms with Gasteiger partial charge in [0.15, 0.2) is 0 Å². The van der Waals surface area contributed by atoms with Gasteiger partial charge in [-0.2, -0.15) is 0 Å². The van der Waals surface area contributed by atoms with Gasteiger partial charge in [0, 0.05) is 26.1 Å². The molecule has 1 aromatic heterocycles. The molecule has 0 aliphatic carbocycles. The number of imidazole rings is 1. The van der Waals surface area contributed by atoms with Crippen molar-refractivity contribution < 1.29 is 14.0 Å². The Bertz CT molecular complexity index is 1030. The van der Waals surface area contributed by atoms with E-state index in [-0.39, 0.29) is 29.5 Å². The van der Waals surface area contributed by atoms with Crippen molar-refractivity contribution in [1.82, 2.24) is 20.2 Å². The van der Waals surface area contributed by atoms with Crippen LogP contribution in [0.1, 0.15) is 29.0 Å². The number of amides is 2. The van der Waals surface area contributed by atoms with E-state index < -0.39 is 11.7 Å². The molecular weight excluding hydrogens is 395 g/mol. The van der Waals surface area contributed by atoms with Crippen LogP contribution in [0.4, 0.5) is 4.39 Å². The lowest BCUT2D eigenvalue weighted by molar-refractivity contribution is -0.120. The van der Waals surface area contributed by atoms with E-state index in [1.807, 2.05) is 31.2 Å². The quantitative estimate of drug-likeness (QED) is 0.552. The van der Waals surface area contributed by atoms with E-state index >= 15 is 0 Å². The fourth-order valence-electron chi connectivity index (χ4n) is 3.09. The van der Waals surface area contributed by atoms with Crippen LogP contribution in [-0.2, 0) is 11.3 Å². The van der Waals surface area contributed by atoms with Crippen molar-refractivity contribution >= 4 is 34.4 Å². The van der Waals surface area contributed by atoms with E-state index in [4.69, 9.17) is 11.6 Å². The molecule has 8 heteroatoms. The molecule has 1 heterocycles. The predicted molar refractivity (Wildman–Crippen MR) is 110 cm³/mol. The molecule has 0 fully saturated rings. The lowest BCUT2D eigenvalue weighted by Gasteiger charge is -2.09. The Kier molecular flexibility index (Phi) is 6.82. The van der Waals surface area contributed by atoms with Gasteiger partial charge in [0.2, 0.25) is 5.91 Å². The van der Waals surface area contributed by atoms with Crippen LogP contribution < -0.4 is 10.6 Å². The minimum absolute atomic E-state index is 0.0364. The summed E-state index contributed by atoms with van der Waals surface area (Å²) in [6, 6.07) is 11.5. The lowest BCUT2D eigenvalue weighted by Crippen LogP contribution is -2.31. The van der Waals surface area contributed by atoms with Crippen molar-refractivity contribution in [1.29, 1.82) is 0 Å². The van der Waals surface area contributed by atoms with Gasteiger partial charge in [-0.15, -0.1) is 0 Å². The van der Waals surface area contributed by atoms with E-state index in [1.165, 1.54) is 12.1 Å². The molecule has 0 unspecified atom stereocenters. The molecule has 0 atom stereocenters. The van der Waals surface area contributed by atoms with Gasteiger partial charge in [-0.1, -0.05) is 23.7 Å². The van der Waals surface area contributed by atoms with Gasteiger partial charge in [0.1, 0.15) is 11.6 Å². The fraction of sp³-hybridized carbons (Fsp3) is 0.286. The predicted octanol–water partition coefficient (Wildman–Crippen LogP) is 3.46. The van der Waals surface area contributed by atoms with Crippen LogP contribution >= 0.6 is 11.6 Å². The van der Waals surface area contributed by atoms with Gasteiger partial charge in [-0.25, -0.2) is 9.37 Å². The maximum atomic E-state index is 13.0. The Morgan fingerprint density at radius 3 is 2.72 bits per heavy atom. The number of halogens is 2. The molecule has 0 aliphatic heterocycles. The number of nitrogens with one attached hydrogen (secondary N) is 2. The summed E-state index contributed by atoms with van der Waals surface area (Å²) in [6.07, 6.45) is 0.919. The number of para-hydroxylation sites is 2. The molecule has 0 saturated heterocycles. The first-order valence-electron chi connectivity index (χ1n) is 9.37. The van der Waals surface area contributed by atoms with Crippen LogP contribution in [0.15, 0.2) is 42.5 Å². The Labute approximate surface area is 173 Å². The molecule has 29 heavy (non-hydrogen) atoms. The highest BCUT2D eigenvalue weighted by atomic mass is 35.5. The van der Waals surface area contributed by atoms with Crippen LogP contribution in [0, 0.1) is 12.7 Å². The summed E-state index contributed by atoms with van der Waals surface area (Å²) in [6.45, 7) is 3.42. The third-order valence-electron chi connectivity index (χ3n) is 4.54. The van der Waals surface area contributed by atoms with Crippen LogP contribution in [0.3, 0.4) is 0 Å². The summed E-state index contributed by atoms with van der Waals surface area (Å²) in [4.78, 5) is 28.5. The third-order valence-corrected chi connectivity index (χ3v) is 4.85. The van der Waals surface area contributed by atoms with E-state index in [2.05, 4.69) is 20.2 Å². The molecule has 3 rings (SSSR count). The zero-order valence-electron chi connectivity index (χ0n) is 16.0. The topological polar surface area (TPSA) is 76.0 Å². The SMILES string of the molecule is Cc1nc2ccccc2n1CCCNC(=O)CCNC(=O)c1ccc(F)cc1Cl. The van der Waals surface area contributed by atoms with Crippen molar-refractivity contribution in [3.63, 3.8) is 0 Å². The standard InChI is InChI=1S/C21H22ClFN4O2/c1-14-26-18-5-2-3-6-19(18)27(14)12-4-10-24-20(28)9-11-25-21(29)16-8-7-15(23)13-17(16)22/h2-3,5-8,13H,4,9-12H2,1H3,(H,24,28)(H,25,29). The number of carbonyl (C=O) groups is 2. The van der Waals surface area contributed by atoms with E-state index in [9.17, 15) is 14.0 Å². The molecule has 3 aromatic rings. The molecule has 0 saturated carbocycles. The van der Waals surface area contributed by atoms with Crippen molar-refractivity contribution in [3.05, 3.63) is 64.7 Å². The molecule has 2 aromatic carbocycles. The molecule has 0 bridgehead atoms. The Morgan fingerprint density at radius 2 is 1.93 bits per heavy atom. The number of aromatic nitrogens is 2. The zero-order chi connectivity index (χ0) is 20.8. The number of aryl methyl sites for hydroxylation is 2. The van der Waals surface area contributed by atoms with Crippen LogP contribution in [-0.4, -0.2) is 34.5 Å². The number of fused-ring (bicyclic) bond motifs is 1. The van der Waals surface area contributed by atoms with E-state index in [0.29, 0.717) is 6.54 Å². The van der Waals surface area contributed by atoms with Crippen molar-refractivity contribution in [2.45, 2.75) is 26.3 Å². The summed E-state index contributed by atoms with van der Waals surface area (Å²) >= 11 is 5.85. The first-order valence-corrected chi connectivity index (χ1v) is 9.75. The Morgan fingerprint density at radius 1 is 1.14 bits per heavy atom. The number of benzene rings is 2. The first kappa shape index (κ1) is 20.8. The lowest BCUT2D eigenvalue weighted by atomic mass is 10.2. The van der Waals surface area contributed by atoms with Gasteiger partial charge >= 0.3 is 0 Å². The van der Waals surface area contributed by atoms with Gasteiger partial charge in [0.05, 0.1) is 21.6 Å². The molecule has 0 aliphatic rings. The maximum Gasteiger partial charge on any atom is 0.252 e. The van der Waals surface area contributed by atoms with Crippen LogP contribution in [0.2, 0.25) is 5.02 Å². The highest BCUT2D eigenvalue weighted by Gasteiger charge is 2.11. The van der Waals surface area contributed by atoms with E-state index in [0.717, 1.165) is 35.9 Å². The Hall–Kier alpha value is -2.93. The minimum atomic E-state index is -0.509. The number of nitrogens with zero attached hydrogens (tertiary/aromatic N) is 2. The number of rotatable bonds is 8. The summed E-state index contributed by atoms with van der Waals surface area (Å²) in [7, 11) is 0. The third kappa shape index (κ3) is 5.32. The van der Waals surface area contributed by atoms with Gasteiger partial charge in [-0.05, 0) is 43.7 Å². The smallest absolute Gasteiger partial charge is 0.252 e. The molecule has 0 radical (unpaired) electrons. The molecule has 2 N–H and O–H groups in total. The van der Waals surface area contributed by atoms with Gasteiger partial charge in [0.25, 0.3) is 5.91 Å². The largest absolute Gasteiger partial charge is 0.356 e. The molecule has 0 spiro atoms. The summed E-state index contributed by atoms with van der Waals surface area (Å²) < 4.78 is 15.2. The van der Waals surface area contributed by atoms with Gasteiger partial charge < -0.3 is 15.2 Å². The Balaban J connectivity index is 1.38. The summed E-state index contributed by atoms with van der Waals surface area (Å²) in [5.41, 5.74) is 2.22. The highest BCUT2D eigenvalue weighted by molar-refractivity contribution is 6.33. The van der Waals surface area contributed by atoms with Crippen molar-refractivity contribution in [2.24, 2.45) is 0 Å². The molecular formula is C21H22ClFN4O2. The summed E-state index contributed by atoms with van der Waals surface area (Å²) in [5, 5.41) is 5.49. The minimum Gasteiger partial charge on any atom is -0.356 e. The van der Waals surface area contributed by atoms with Gasteiger partial charge in [-0.3, -0.25) is 9.59 Å². The molecule has 152 valence electrons. The number of carbonyl (C=O) groups excluding carboxylic acids is 2. The second-order valence-electron chi connectivity index (χ2n) is 6.63. The second-order valence-corrected chi connectivity index (χ2v) is 7.04. The maximum absolute atomic E-state index is 13.0. The fourth-order valence-corrected chi connectivity index (χ4v) is 3.34. The average molecular weight is 417 g/mol. The average Bonchev–Trinajstić information content (AvgIpc) is 3.00. The normalized spacial score (nSPS) is 10.9. The number of hydrogen-bond donors (Lipinski definition) is 2. The van der Waals surface area contributed by atoms with E-state index in [1.54, 1.807) is 0 Å². The summed E-state index contributed by atoms with van der Waals surface area (Å²) in [5.74, 6) is -0.155. The monoisotopic (exact) mass is 416 g/mol. The molecule has 2 amide bonds. The molecule has 6 nitrogen and oxygen atoms in total. The number of hydrogen-bond acceptors (Lipinski definition) is 3. The second kappa shape index (κ2) is 9.52. The van der Waals surface area contributed by atoms with Crippen LogP contribution in [0.5, 0.6) is 0 Å². The first-order chi connectivity index (χ1) is 14.0. The zero-order valence-corrected chi connectivity index (χ0v) is 16.8. The van der Waals surface area contributed by atoms with Crippen LogP contribution in [0.25, 0.3) is 11.0 Å². The van der Waals surface area contributed by atoms with Crippen molar-refractivity contribution in [3.8, 4) is 0 Å². The highest BCUT2D eigenvalue weighted by Crippen LogP contribution is 2.17.